The molecule has 0 unspecified atom stereocenters. The largest absolute Gasteiger partial charge is 0.465 e. The minimum atomic E-state index is -0.666. The fraction of sp³-hybridized carbons (Fsp3) is 0.238. The molecule has 0 saturated heterocycles. The SMILES string of the molecule is CCCCN1C(=O)c2ccc(C(=O)Oc3ccc(C(=O)OC)cc3)cc2C1=O. The van der Waals surface area contributed by atoms with E-state index in [1.807, 2.05) is 6.92 Å². The highest BCUT2D eigenvalue weighted by atomic mass is 16.5. The summed E-state index contributed by atoms with van der Waals surface area (Å²) in [6, 6.07) is 10.2. The van der Waals surface area contributed by atoms with Gasteiger partial charge in [-0.2, -0.15) is 0 Å². The number of fused-ring (bicyclic) bond motifs is 1. The Hall–Kier alpha value is -3.48. The molecule has 0 bridgehead atoms. The lowest BCUT2D eigenvalue weighted by molar-refractivity contribution is 0.0598. The summed E-state index contributed by atoms with van der Waals surface area (Å²) in [5, 5.41) is 0. The molecule has 2 aromatic carbocycles. The standard InChI is InChI=1S/C21H19NO6/c1-3-4-11-22-18(23)16-10-7-14(12-17(16)19(22)24)21(26)28-15-8-5-13(6-9-15)20(25)27-2/h5-10,12H,3-4,11H2,1-2H3. The summed E-state index contributed by atoms with van der Waals surface area (Å²) in [7, 11) is 1.28. The lowest BCUT2D eigenvalue weighted by atomic mass is 10.1. The van der Waals surface area contributed by atoms with E-state index in [4.69, 9.17) is 4.74 Å². The number of imide groups is 1. The number of unbranched alkanes of at least 4 members (excludes halogenated alkanes) is 1. The Morgan fingerprint density at radius 3 is 2.18 bits per heavy atom. The maximum absolute atomic E-state index is 12.5. The molecule has 3 rings (SSSR count). The maximum Gasteiger partial charge on any atom is 0.343 e. The number of nitrogens with zero attached hydrogens (tertiary/aromatic N) is 1. The molecule has 0 aliphatic carbocycles. The number of rotatable bonds is 6. The van der Waals surface area contributed by atoms with Crippen LogP contribution in [0.3, 0.4) is 0 Å². The first-order valence-electron chi connectivity index (χ1n) is 8.87. The first-order valence-corrected chi connectivity index (χ1v) is 8.87. The summed E-state index contributed by atoms with van der Waals surface area (Å²) in [5.41, 5.74) is 0.988. The van der Waals surface area contributed by atoms with Gasteiger partial charge in [0, 0.05) is 6.54 Å². The molecule has 1 aliphatic heterocycles. The lowest BCUT2D eigenvalue weighted by Crippen LogP contribution is -2.30. The molecule has 0 fully saturated rings. The molecule has 7 nitrogen and oxygen atoms in total. The van der Waals surface area contributed by atoms with Crippen LogP contribution in [0, 0.1) is 0 Å². The predicted octanol–water partition coefficient (Wildman–Crippen LogP) is 3.09. The van der Waals surface area contributed by atoms with Gasteiger partial charge in [0.05, 0.1) is 29.4 Å². The van der Waals surface area contributed by atoms with Crippen molar-refractivity contribution < 1.29 is 28.7 Å². The Bertz CT molecular complexity index is 948. The second kappa shape index (κ2) is 8.04. The van der Waals surface area contributed by atoms with Gasteiger partial charge in [-0.15, -0.1) is 0 Å². The molecule has 0 atom stereocenters. The smallest absolute Gasteiger partial charge is 0.343 e. The highest BCUT2D eigenvalue weighted by Crippen LogP contribution is 2.25. The van der Waals surface area contributed by atoms with Crippen molar-refractivity contribution in [2.75, 3.05) is 13.7 Å². The Labute approximate surface area is 161 Å². The number of carbonyl (C=O) groups excluding carboxylic acids is 4. The minimum absolute atomic E-state index is 0.161. The van der Waals surface area contributed by atoms with Crippen LogP contribution in [0.1, 0.15) is 61.2 Å². The van der Waals surface area contributed by atoms with Crippen molar-refractivity contribution in [3.63, 3.8) is 0 Å². The number of amides is 2. The highest BCUT2D eigenvalue weighted by Gasteiger charge is 2.35. The van der Waals surface area contributed by atoms with E-state index in [0.29, 0.717) is 17.7 Å². The van der Waals surface area contributed by atoms with Crippen LogP contribution in [0.2, 0.25) is 0 Å². The van der Waals surface area contributed by atoms with Gasteiger partial charge in [0.1, 0.15) is 5.75 Å². The number of hydrogen-bond acceptors (Lipinski definition) is 6. The number of benzene rings is 2. The zero-order valence-corrected chi connectivity index (χ0v) is 15.6. The Morgan fingerprint density at radius 1 is 0.893 bits per heavy atom. The van der Waals surface area contributed by atoms with E-state index in [1.165, 1.54) is 54.5 Å². The summed E-state index contributed by atoms with van der Waals surface area (Å²) < 4.78 is 9.89. The van der Waals surface area contributed by atoms with Crippen molar-refractivity contribution in [1.29, 1.82) is 0 Å². The molecule has 0 saturated carbocycles. The zero-order valence-electron chi connectivity index (χ0n) is 15.6. The first-order chi connectivity index (χ1) is 13.5. The number of ether oxygens (including phenoxy) is 2. The predicted molar refractivity (Wildman–Crippen MR) is 99.5 cm³/mol. The molecule has 28 heavy (non-hydrogen) atoms. The molecule has 1 heterocycles. The topological polar surface area (TPSA) is 90.0 Å². The lowest BCUT2D eigenvalue weighted by Gasteiger charge is -2.12. The van der Waals surface area contributed by atoms with Crippen molar-refractivity contribution >= 4 is 23.8 Å². The molecular formula is C21H19NO6. The summed E-state index contributed by atoms with van der Waals surface area (Å²) in [6.45, 7) is 2.33. The van der Waals surface area contributed by atoms with E-state index < -0.39 is 17.8 Å². The third-order valence-electron chi connectivity index (χ3n) is 4.43. The van der Waals surface area contributed by atoms with Gasteiger partial charge in [-0.3, -0.25) is 14.5 Å². The van der Waals surface area contributed by atoms with Crippen LogP contribution in [0.5, 0.6) is 5.75 Å². The number of esters is 2. The van der Waals surface area contributed by atoms with E-state index in [1.54, 1.807) is 0 Å². The van der Waals surface area contributed by atoms with Crippen LogP contribution in [0.4, 0.5) is 0 Å². The van der Waals surface area contributed by atoms with Gasteiger partial charge in [0.25, 0.3) is 11.8 Å². The molecular weight excluding hydrogens is 362 g/mol. The van der Waals surface area contributed by atoms with Crippen molar-refractivity contribution in [2.45, 2.75) is 19.8 Å². The van der Waals surface area contributed by atoms with Gasteiger partial charge in [-0.25, -0.2) is 9.59 Å². The van der Waals surface area contributed by atoms with Crippen molar-refractivity contribution in [3.8, 4) is 5.75 Å². The van der Waals surface area contributed by atoms with E-state index >= 15 is 0 Å². The van der Waals surface area contributed by atoms with E-state index in [0.717, 1.165) is 12.8 Å². The molecule has 0 aromatic heterocycles. The summed E-state index contributed by atoms with van der Waals surface area (Å²) in [5.74, 6) is -1.66. The van der Waals surface area contributed by atoms with Gasteiger partial charge in [0.15, 0.2) is 0 Å². The summed E-state index contributed by atoms with van der Waals surface area (Å²) >= 11 is 0. The zero-order chi connectivity index (χ0) is 20.3. The average Bonchev–Trinajstić information content (AvgIpc) is 2.96. The Morgan fingerprint density at radius 2 is 1.54 bits per heavy atom. The number of hydrogen-bond donors (Lipinski definition) is 0. The fourth-order valence-electron chi connectivity index (χ4n) is 2.88. The molecule has 144 valence electrons. The average molecular weight is 381 g/mol. The van der Waals surface area contributed by atoms with Gasteiger partial charge in [-0.1, -0.05) is 13.3 Å². The fourth-order valence-corrected chi connectivity index (χ4v) is 2.88. The summed E-state index contributed by atoms with van der Waals surface area (Å²) in [4.78, 5) is 49.9. The van der Waals surface area contributed by atoms with Gasteiger partial charge < -0.3 is 9.47 Å². The highest BCUT2D eigenvalue weighted by molar-refractivity contribution is 6.22. The first kappa shape index (κ1) is 19.3. The quantitative estimate of drug-likeness (QED) is 0.434. The van der Waals surface area contributed by atoms with E-state index in [2.05, 4.69) is 4.74 Å². The third-order valence-corrected chi connectivity index (χ3v) is 4.43. The van der Waals surface area contributed by atoms with Crippen molar-refractivity contribution in [2.24, 2.45) is 0 Å². The van der Waals surface area contributed by atoms with Crippen LogP contribution in [-0.4, -0.2) is 42.3 Å². The molecule has 0 radical (unpaired) electrons. The monoisotopic (exact) mass is 381 g/mol. The van der Waals surface area contributed by atoms with Crippen LogP contribution >= 0.6 is 0 Å². The van der Waals surface area contributed by atoms with Gasteiger partial charge in [0.2, 0.25) is 0 Å². The van der Waals surface area contributed by atoms with E-state index in [-0.39, 0.29) is 22.8 Å². The van der Waals surface area contributed by atoms with Crippen molar-refractivity contribution in [3.05, 3.63) is 64.7 Å². The second-order valence-electron chi connectivity index (χ2n) is 6.28. The summed E-state index contributed by atoms with van der Waals surface area (Å²) in [6.07, 6.45) is 1.59. The minimum Gasteiger partial charge on any atom is -0.465 e. The van der Waals surface area contributed by atoms with Crippen LogP contribution in [0.25, 0.3) is 0 Å². The molecule has 0 N–H and O–H groups in total. The number of carbonyl (C=O) groups is 4. The molecule has 7 heteroatoms. The molecule has 0 spiro atoms. The van der Waals surface area contributed by atoms with Crippen LogP contribution in [-0.2, 0) is 4.74 Å². The van der Waals surface area contributed by atoms with Crippen LogP contribution < -0.4 is 4.74 Å². The molecule has 2 aromatic rings. The molecule has 2 amide bonds. The second-order valence-corrected chi connectivity index (χ2v) is 6.28. The Balaban J connectivity index is 1.76. The van der Waals surface area contributed by atoms with Gasteiger partial charge in [-0.05, 0) is 48.9 Å². The normalized spacial score (nSPS) is 12.7. The maximum atomic E-state index is 12.5. The van der Waals surface area contributed by atoms with E-state index in [9.17, 15) is 19.2 Å². The molecule has 1 aliphatic rings. The Kier molecular flexibility index (Phi) is 5.54. The third kappa shape index (κ3) is 3.64. The van der Waals surface area contributed by atoms with Crippen LogP contribution in [0.15, 0.2) is 42.5 Å². The van der Waals surface area contributed by atoms with Crippen molar-refractivity contribution in [1.82, 2.24) is 4.90 Å². The van der Waals surface area contributed by atoms with Gasteiger partial charge >= 0.3 is 11.9 Å². The number of methoxy groups -OCH3 is 1.